The Morgan fingerprint density at radius 3 is 2.67 bits per heavy atom. The van der Waals surface area contributed by atoms with E-state index in [4.69, 9.17) is 5.11 Å². The number of carboxylic acid groups (broad SMARTS) is 1. The predicted molar refractivity (Wildman–Crippen MR) is 82.6 cm³/mol. The van der Waals surface area contributed by atoms with Crippen molar-refractivity contribution in [3.8, 4) is 0 Å². The lowest BCUT2D eigenvalue weighted by atomic mass is 10.1. The standard InChI is InChI=1S/C15H23N3O3/c1-16-10-5-11-18(2)15(21)17-13-7-4-3-6-12(13)8-9-14(19)20/h3-4,6-7,16H,5,8-11H2,1-2H3,(H,17,21)(H,19,20). The van der Waals surface area contributed by atoms with E-state index in [0.717, 1.165) is 18.5 Å². The Balaban J connectivity index is 2.60. The van der Waals surface area contributed by atoms with Gasteiger partial charge in [-0.3, -0.25) is 4.79 Å². The molecular weight excluding hydrogens is 270 g/mol. The number of hydrogen-bond acceptors (Lipinski definition) is 3. The maximum atomic E-state index is 12.1. The largest absolute Gasteiger partial charge is 0.481 e. The number of hydrogen-bond donors (Lipinski definition) is 3. The van der Waals surface area contributed by atoms with Crippen molar-refractivity contribution in [2.24, 2.45) is 0 Å². The molecule has 116 valence electrons. The Kier molecular flexibility index (Phi) is 7.25. The zero-order valence-electron chi connectivity index (χ0n) is 12.6. The molecular formula is C15H23N3O3. The van der Waals surface area contributed by atoms with Gasteiger partial charge in [-0.2, -0.15) is 0 Å². The van der Waals surface area contributed by atoms with Gasteiger partial charge < -0.3 is 20.6 Å². The van der Waals surface area contributed by atoms with E-state index >= 15 is 0 Å². The van der Waals surface area contributed by atoms with E-state index in [0.29, 0.717) is 18.7 Å². The van der Waals surface area contributed by atoms with Crippen LogP contribution in [0, 0.1) is 0 Å². The van der Waals surface area contributed by atoms with Crippen molar-refractivity contribution in [2.75, 3.05) is 32.5 Å². The fourth-order valence-corrected chi connectivity index (χ4v) is 1.91. The molecule has 0 atom stereocenters. The van der Waals surface area contributed by atoms with Crippen molar-refractivity contribution in [2.45, 2.75) is 19.3 Å². The number of anilines is 1. The van der Waals surface area contributed by atoms with Gasteiger partial charge in [0.2, 0.25) is 0 Å². The number of carbonyl (C=O) groups excluding carboxylic acids is 1. The minimum atomic E-state index is -0.847. The number of carboxylic acids is 1. The summed E-state index contributed by atoms with van der Waals surface area (Å²) in [6, 6.07) is 7.09. The Bertz CT molecular complexity index is 477. The van der Waals surface area contributed by atoms with E-state index < -0.39 is 5.97 Å². The highest BCUT2D eigenvalue weighted by Gasteiger charge is 2.11. The van der Waals surface area contributed by atoms with Gasteiger partial charge in [0.15, 0.2) is 0 Å². The fraction of sp³-hybridized carbons (Fsp3) is 0.467. The van der Waals surface area contributed by atoms with Crippen LogP contribution in [0.1, 0.15) is 18.4 Å². The number of para-hydroxylation sites is 1. The van der Waals surface area contributed by atoms with Gasteiger partial charge in [-0.15, -0.1) is 0 Å². The molecule has 0 aromatic heterocycles. The molecule has 1 aromatic carbocycles. The maximum Gasteiger partial charge on any atom is 0.321 e. The van der Waals surface area contributed by atoms with Gasteiger partial charge in [0.1, 0.15) is 0 Å². The van der Waals surface area contributed by atoms with Gasteiger partial charge in [-0.25, -0.2) is 4.79 Å². The van der Waals surface area contributed by atoms with Gasteiger partial charge >= 0.3 is 12.0 Å². The van der Waals surface area contributed by atoms with Crippen molar-refractivity contribution < 1.29 is 14.7 Å². The Morgan fingerprint density at radius 2 is 2.00 bits per heavy atom. The third-order valence-corrected chi connectivity index (χ3v) is 3.13. The first-order chi connectivity index (χ1) is 10.0. The van der Waals surface area contributed by atoms with Gasteiger partial charge in [0.05, 0.1) is 0 Å². The number of urea groups is 1. The van der Waals surface area contributed by atoms with E-state index in [-0.39, 0.29) is 12.5 Å². The Morgan fingerprint density at radius 1 is 1.29 bits per heavy atom. The topological polar surface area (TPSA) is 81.7 Å². The summed E-state index contributed by atoms with van der Waals surface area (Å²) in [6.45, 7) is 1.51. The second kappa shape index (κ2) is 8.97. The summed E-state index contributed by atoms with van der Waals surface area (Å²) in [5, 5.41) is 14.6. The summed E-state index contributed by atoms with van der Waals surface area (Å²) in [5.74, 6) is -0.847. The molecule has 1 aromatic rings. The minimum Gasteiger partial charge on any atom is -0.481 e. The highest BCUT2D eigenvalue weighted by Crippen LogP contribution is 2.17. The molecule has 0 spiro atoms. The molecule has 3 N–H and O–H groups in total. The smallest absolute Gasteiger partial charge is 0.321 e. The molecule has 6 nitrogen and oxygen atoms in total. The van der Waals surface area contributed by atoms with E-state index in [1.807, 2.05) is 25.2 Å². The van der Waals surface area contributed by atoms with Crippen LogP contribution in [-0.2, 0) is 11.2 Å². The summed E-state index contributed by atoms with van der Waals surface area (Å²) < 4.78 is 0. The van der Waals surface area contributed by atoms with E-state index in [1.165, 1.54) is 0 Å². The van der Waals surface area contributed by atoms with E-state index in [1.54, 1.807) is 18.0 Å². The van der Waals surface area contributed by atoms with Crippen LogP contribution in [0.15, 0.2) is 24.3 Å². The molecule has 0 saturated heterocycles. The van der Waals surface area contributed by atoms with Crippen LogP contribution in [0.5, 0.6) is 0 Å². The molecule has 2 amide bonds. The molecule has 0 heterocycles. The number of rotatable bonds is 8. The Labute approximate surface area is 125 Å². The van der Waals surface area contributed by atoms with E-state index in [2.05, 4.69) is 10.6 Å². The first-order valence-electron chi connectivity index (χ1n) is 7.01. The molecule has 6 heteroatoms. The van der Waals surface area contributed by atoms with Crippen LogP contribution >= 0.6 is 0 Å². The zero-order chi connectivity index (χ0) is 15.7. The minimum absolute atomic E-state index is 0.0465. The second-order valence-electron chi connectivity index (χ2n) is 4.86. The van der Waals surface area contributed by atoms with Crippen LogP contribution in [0.3, 0.4) is 0 Å². The summed E-state index contributed by atoms with van der Waals surface area (Å²) in [7, 11) is 3.61. The second-order valence-corrected chi connectivity index (χ2v) is 4.86. The van der Waals surface area contributed by atoms with Crippen molar-refractivity contribution >= 4 is 17.7 Å². The average molecular weight is 293 g/mol. The number of aliphatic carboxylic acids is 1. The first-order valence-corrected chi connectivity index (χ1v) is 7.01. The van der Waals surface area contributed by atoms with E-state index in [9.17, 15) is 9.59 Å². The highest BCUT2D eigenvalue weighted by molar-refractivity contribution is 5.90. The number of carbonyl (C=O) groups is 2. The number of nitrogens with zero attached hydrogens (tertiary/aromatic N) is 1. The van der Waals surface area contributed by atoms with Crippen molar-refractivity contribution in [3.05, 3.63) is 29.8 Å². The van der Waals surface area contributed by atoms with Gasteiger partial charge in [0, 0.05) is 25.7 Å². The number of benzene rings is 1. The van der Waals surface area contributed by atoms with Crippen LogP contribution in [0.2, 0.25) is 0 Å². The zero-order valence-corrected chi connectivity index (χ0v) is 12.6. The quantitative estimate of drug-likeness (QED) is 0.638. The molecule has 0 unspecified atom stereocenters. The number of nitrogens with one attached hydrogen (secondary N) is 2. The SMILES string of the molecule is CNCCCN(C)C(=O)Nc1ccccc1CCC(=O)O. The van der Waals surface area contributed by atoms with Crippen LogP contribution in [-0.4, -0.2) is 49.2 Å². The third kappa shape index (κ3) is 6.27. The number of aryl methyl sites for hydroxylation is 1. The molecule has 21 heavy (non-hydrogen) atoms. The number of amides is 2. The average Bonchev–Trinajstić information content (AvgIpc) is 2.46. The van der Waals surface area contributed by atoms with Gasteiger partial charge in [-0.1, -0.05) is 18.2 Å². The highest BCUT2D eigenvalue weighted by atomic mass is 16.4. The normalized spacial score (nSPS) is 10.2. The van der Waals surface area contributed by atoms with Gasteiger partial charge in [-0.05, 0) is 38.1 Å². The van der Waals surface area contributed by atoms with Crippen LogP contribution < -0.4 is 10.6 Å². The molecule has 0 fully saturated rings. The van der Waals surface area contributed by atoms with Gasteiger partial charge in [0.25, 0.3) is 0 Å². The van der Waals surface area contributed by atoms with Crippen molar-refractivity contribution in [1.29, 1.82) is 0 Å². The molecule has 0 aliphatic carbocycles. The summed E-state index contributed by atoms with van der Waals surface area (Å²) in [6.07, 6.45) is 1.32. The molecule has 0 saturated carbocycles. The van der Waals surface area contributed by atoms with Crippen LogP contribution in [0.25, 0.3) is 0 Å². The summed E-state index contributed by atoms with van der Waals surface area (Å²) in [4.78, 5) is 24.4. The first kappa shape index (κ1) is 17.0. The Hall–Kier alpha value is -2.08. The lowest BCUT2D eigenvalue weighted by molar-refractivity contribution is -0.136. The molecule has 0 aliphatic rings. The summed E-state index contributed by atoms with van der Waals surface area (Å²) in [5.41, 5.74) is 1.50. The lowest BCUT2D eigenvalue weighted by Crippen LogP contribution is -2.33. The summed E-state index contributed by atoms with van der Waals surface area (Å²) >= 11 is 0. The molecule has 0 aliphatic heterocycles. The molecule has 0 radical (unpaired) electrons. The lowest BCUT2D eigenvalue weighted by Gasteiger charge is -2.19. The monoisotopic (exact) mass is 293 g/mol. The maximum absolute atomic E-state index is 12.1. The van der Waals surface area contributed by atoms with Crippen molar-refractivity contribution in [1.82, 2.24) is 10.2 Å². The third-order valence-electron chi connectivity index (χ3n) is 3.13. The predicted octanol–water partition coefficient (Wildman–Crippen LogP) is 1.78. The van der Waals surface area contributed by atoms with Crippen molar-refractivity contribution in [3.63, 3.8) is 0 Å². The van der Waals surface area contributed by atoms with Crippen LogP contribution in [0.4, 0.5) is 10.5 Å². The molecule has 1 rings (SSSR count). The molecule has 0 bridgehead atoms. The fourth-order valence-electron chi connectivity index (χ4n) is 1.91.